The van der Waals surface area contributed by atoms with E-state index in [0.29, 0.717) is 12.5 Å². The van der Waals surface area contributed by atoms with Crippen molar-refractivity contribution in [1.29, 1.82) is 0 Å². The minimum absolute atomic E-state index is 0.149. The van der Waals surface area contributed by atoms with Gasteiger partial charge in [-0.15, -0.1) is 0 Å². The lowest BCUT2D eigenvalue weighted by atomic mass is 9.94. The van der Waals surface area contributed by atoms with E-state index in [0.717, 1.165) is 50.0 Å². The quantitative estimate of drug-likeness (QED) is 0.536. The second kappa shape index (κ2) is 8.79. The number of carbonyl (C=O) groups excluding carboxylic acids is 1. The second-order valence-corrected chi connectivity index (χ2v) is 9.54. The third-order valence-corrected chi connectivity index (χ3v) is 7.23. The minimum atomic E-state index is -0.221. The first-order chi connectivity index (χ1) is 16.3. The summed E-state index contributed by atoms with van der Waals surface area (Å²) in [5.74, 6) is 1.68. The molecule has 5 heteroatoms. The number of rotatable bonds is 5. The number of likely N-dealkylation sites (tertiary alicyclic amines) is 1. The van der Waals surface area contributed by atoms with Crippen molar-refractivity contribution in [3.63, 3.8) is 0 Å². The third kappa shape index (κ3) is 4.22. The van der Waals surface area contributed by atoms with Crippen LogP contribution in [-0.2, 0) is 9.53 Å². The molecule has 0 spiro atoms. The molecule has 5 nitrogen and oxygen atoms in total. The van der Waals surface area contributed by atoms with Gasteiger partial charge < -0.3 is 14.4 Å². The van der Waals surface area contributed by atoms with Crippen molar-refractivity contribution in [2.45, 2.75) is 56.7 Å². The molecule has 2 aliphatic heterocycles. The van der Waals surface area contributed by atoms with Gasteiger partial charge in [-0.1, -0.05) is 30.3 Å². The molecule has 1 aliphatic carbocycles. The summed E-state index contributed by atoms with van der Waals surface area (Å²) in [6.45, 7) is 2.20. The molecule has 2 aromatic carbocycles. The standard InChI is InChI=1S/C28H30N2O3/c31-28(25-4-2-18-32-25)30-16-13-23(14-17-30)33-22-10-7-19(8-11-22)24-12-9-21-3-1-15-29-27(21)26(24)20-5-6-20/h1,3,7-12,15,20,23,25H,2,4-6,13-14,16-18H2/t25-/m1/s1. The smallest absolute Gasteiger partial charge is 0.251 e. The average Bonchev–Trinajstić information content (AvgIpc) is 3.56. The number of nitrogens with zero attached hydrogens (tertiary/aromatic N) is 2. The van der Waals surface area contributed by atoms with Gasteiger partial charge in [-0.3, -0.25) is 9.78 Å². The van der Waals surface area contributed by atoms with Gasteiger partial charge in [-0.25, -0.2) is 0 Å². The van der Waals surface area contributed by atoms with Crippen molar-refractivity contribution in [1.82, 2.24) is 9.88 Å². The molecule has 1 aromatic heterocycles. The summed E-state index contributed by atoms with van der Waals surface area (Å²) < 4.78 is 11.8. The summed E-state index contributed by atoms with van der Waals surface area (Å²) in [4.78, 5) is 19.2. The van der Waals surface area contributed by atoms with Gasteiger partial charge in [0, 0.05) is 44.1 Å². The molecule has 6 rings (SSSR count). The first-order valence-electron chi connectivity index (χ1n) is 12.3. The van der Waals surface area contributed by atoms with Crippen molar-refractivity contribution in [3.05, 3.63) is 60.3 Å². The van der Waals surface area contributed by atoms with Crippen LogP contribution in [0.15, 0.2) is 54.7 Å². The van der Waals surface area contributed by atoms with Gasteiger partial charge in [0.25, 0.3) is 5.91 Å². The molecule has 170 valence electrons. The van der Waals surface area contributed by atoms with Crippen molar-refractivity contribution in [3.8, 4) is 16.9 Å². The molecule has 3 heterocycles. The minimum Gasteiger partial charge on any atom is -0.490 e. The van der Waals surface area contributed by atoms with Crippen LogP contribution in [0, 0.1) is 0 Å². The molecule has 0 bridgehead atoms. The summed E-state index contributed by atoms with van der Waals surface area (Å²) in [5.41, 5.74) is 5.04. The van der Waals surface area contributed by atoms with E-state index in [1.54, 1.807) is 0 Å². The third-order valence-electron chi connectivity index (χ3n) is 7.23. The molecule has 3 aliphatic rings. The van der Waals surface area contributed by atoms with Crippen molar-refractivity contribution in [2.75, 3.05) is 19.7 Å². The maximum absolute atomic E-state index is 12.6. The number of ether oxygens (including phenoxy) is 2. The van der Waals surface area contributed by atoms with Crippen molar-refractivity contribution in [2.24, 2.45) is 0 Å². The Hall–Kier alpha value is -2.92. The zero-order valence-corrected chi connectivity index (χ0v) is 18.9. The number of aromatic nitrogens is 1. The SMILES string of the molecule is O=C([C@H]1CCCO1)N1CCC(Oc2ccc(-c3ccc4cccnc4c3C3CC3)cc2)CC1. The van der Waals surface area contributed by atoms with Gasteiger partial charge in [-0.2, -0.15) is 0 Å². The number of benzene rings is 2. The monoisotopic (exact) mass is 442 g/mol. The predicted octanol–water partition coefficient (Wildman–Crippen LogP) is 5.33. The summed E-state index contributed by atoms with van der Waals surface area (Å²) in [6.07, 6.45) is 7.90. The van der Waals surface area contributed by atoms with Gasteiger partial charge in [-0.05, 0) is 66.5 Å². The highest BCUT2D eigenvalue weighted by Crippen LogP contribution is 2.47. The van der Waals surface area contributed by atoms with E-state index < -0.39 is 0 Å². The van der Waals surface area contributed by atoms with Gasteiger partial charge in [0.2, 0.25) is 0 Å². The molecule has 1 saturated carbocycles. The van der Waals surface area contributed by atoms with E-state index in [9.17, 15) is 4.79 Å². The molecule has 1 amide bonds. The summed E-state index contributed by atoms with van der Waals surface area (Å²) >= 11 is 0. The Labute approximate surface area is 194 Å². The Morgan fingerprint density at radius 2 is 1.79 bits per heavy atom. The lowest BCUT2D eigenvalue weighted by Gasteiger charge is -2.33. The van der Waals surface area contributed by atoms with Crippen LogP contribution in [0.2, 0.25) is 0 Å². The van der Waals surface area contributed by atoms with Gasteiger partial charge in [0.05, 0.1) is 5.52 Å². The molecule has 0 radical (unpaired) electrons. The van der Waals surface area contributed by atoms with Crippen LogP contribution in [0.25, 0.3) is 22.0 Å². The van der Waals surface area contributed by atoms with E-state index >= 15 is 0 Å². The van der Waals surface area contributed by atoms with Gasteiger partial charge >= 0.3 is 0 Å². The van der Waals surface area contributed by atoms with Crippen LogP contribution >= 0.6 is 0 Å². The molecule has 33 heavy (non-hydrogen) atoms. The number of pyridine rings is 1. The fourth-order valence-electron chi connectivity index (χ4n) is 5.28. The predicted molar refractivity (Wildman–Crippen MR) is 128 cm³/mol. The van der Waals surface area contributed by atoms with E-state index in [1.807, 2.05) is 17.2 Å². The Bertz CT molecular complexity index is 1140. The van der Waals surface area contributed by atoms with E-state index in [1.165, 1.54) is 34.9 Å². The summed E-state index contributed by atoms with van der Waals surface area (Å²) in [5, 5.41) is 1.22. The Kier molecular flexibility index (Phi) is 5.50. The molecule has 1 atom stereocenters. The first-order valence-corrected chi connectivity index (χ1v) is 12.3. The largest absolute Gasteiger partial charge is 0.490 e. The van der Waals surface area contributed by atoms with Crippen LogP contribution in [0.1, 0.15) is 50.0 Å². The zero-order chi connectivity index (χ0) is 22.2. The summed E-state index contributed by atoms with van der Waals surface area (Å²) in [7, 11) is 0. The summed E-state index contributed by atoms with van der Waals surface area (Å²) in [6, 6.07) is 17.1. The van der Waals surface area contributed by atoms with Crippen LogP contribution in [0.5, 0.6) is 5.75 Å². The molecular formula is C28H30N2O3. The van der Waals surface area contributed by atoms with Crippen LogP contribution in [-0.4, -0.2) is 47.7 Å². The molecular weight excluding hydrogens is 412 g/mol. The van der Waals surface area contributed by atoms with Crippen LogP contribution in [0.4, 0.5) is 0 Å². The molecule has 0 unspecified atom stereocenters. The number of carbonyl (C=O) groups is 1. The van der Waals surface area contributed by atoms with Gasteiger partial charge in [0.15, 0.2) is 0 Å². The fraction of sp³-hybridized carbons (Fsp3) is 0.429. The van der Waals surface area contributed by atoms with E-state index in [-0.39, 0.29) is 18.1 Å². The Morgan fingerprint density at radius 1 is 0.970 bits per heavy atom. The van der Waals surface area contributed by atoms with Gasteiger partial charge in [0.1, 0.15) is 18.0 Å². The van der Waals surface area contributed by atoms with Crippen molar-refractivity contribution < 1.29 is 14.3 Å². The maximum atomic E-state index is 12.6. The highest BCUT2D eigenvalue weighted by Gasteiger charge is 2.32. The van der Waals surface area contributed by atoms with E-state index in [2.05, 4.69) is 42.5 Å². The van der Waals surface area contributed by atoms with E-state index in [4.69, 9.17) is 14.5 Å². The molecule has 3 aromatic rings. The molecule has 0 N–H and O–H groups in total. The number of amides is 1. The molecule has 2 saturated heterocycles. The number of hydrogen-bond acceptors (Lipinski definition) is 4. The average molecular weight is 443 g/mol. The zero-order valence-electron chi connectivity index (χ0n) is 18.9. The van der Waals surface area contributed by atoms with Crippen LogP contribution < -0.4 is 4.74 Å². The number of piperidine rings is 1. The second-order valence-electron chi connectivity index (χ2n) is 9.54. The lowest BCUT2D eigenvalue weighted by molar-refractivity contribution is -0.142. The highest BCUT2D eigenvalue weighted by atomic mass is 16.5. The fourth-order valence-corrected chi connectivity index (χ4v) is 5.28. The normalized spacial score (nSPS) is 21.5. The maximum Gasteiger partial charge on any atom is 0.251 e. The Morgan fingerprint density at radius 3 is 2.52 bits per heavy atom. The lowest BCUT2D eigenvalue weighted by Crippen LogP contribution is -2.45. The number of fused-ring (bicyclic) bond motifs is 1. The molecule has 3 fully saturated rings. The van der Waals surface area contributed by atoms with Crippen molar-refractivity contribution >= 4 is 16.8 Å². The first kappa shape index (κ1) is 20.7. The number of hydrogen-bond donors (Lipinski definition) is 0. The Balaban J connectivity index is 1.13. The topological polar surface area (TPSA) is 51.7 Å². The van der Waals surface area contributed by atoms with Crippen LogP contribution in [0.3, 0.4) is 0 Å². The highest BCUT2D eigenvalue weighted by molar-refractivity contribution is 5.90.